The lowest BCUT2D eigenvalue weighted by atomic mass is 10.1. The van der Waals surface area contributed by atoms with Crippen LogP contribution >= 0.6 is 11.6 Å². The molecule has 1 unspecified atom stereocenters. The highest BCUT2D eigenvalue weighted by molar-refractivity contribution is 6.34. The molecule has 1 aromatic carbocycles. The van der Waals surface area contributed by atoms with Crippen LogP contribution in [0.25, 0.3) is 0 Å². The van der Waals surface area contributed by atoms with Crippen LogP contribution in [-0.2, 0) is 0 Å². The van der Waals surface area contributed by atoms with Gasteiger partial charge in [0.05, 0.1) is 16.6 Å². The van der Waals surface area contributed by atoms with Gasteiger partial charge in [0.2, 0.25) is 0 Å². The number of hydrogen-bond donors (Lipinski definition) is 2. The molecule has 1 aliphatic rings. The van der Waals surface area contributed by atoms with E-state index in [9.17, 15) is 4.79 Å². The number of carbonyl (C=O) groups is 1. The van der Waals surface area contributed by atoms with Crippen LogP contribution in [0.2, 0.25) is 5.02 Å². The molecule has 0 radical (unpaired) electrons. The van der Waals surface area contributed by atoms with Crippen LogP contribution in [0.5, 0.6) is 0 Å². The van der Waals surface area contributed by atoms with Gasteiger partial charge in [0, 0.05) is 6.54 Å². The van der Waals surface area contributed by atoms with E-state index in [0.29, 0.717) is 23.6 Å². The molecule has 3 N–H and O–H groups in total. The van der Waals surface area contributed by atoms with E-state index < -0.39 is 0 Å². The summed E-state index contributed by atoms with van der Waals surface area (Å²) in [5.74, 6) is -0.117. The van der Waals surface area contributed by atoms with Crippen molar-refractivity contribution in [2.75, 3.05) is 6.54 Å². The molecule has 2 rings (SSSR count). The van der Waals surface area contributed by atoms with Gasteiger partial charge in [-0.3, -0.25) is 4.79 Å². The fraction of sp³-hybridized carbons (Fsp3) is 0.385. The monoisotopic (exact) mass is 281 g/mol. The maximum absolute atomic E-state index is 12.5. The molecule has 6 heteroatoms. The summed E-state index contributed by atoms with van der Waals surface area (Å²) < 4.78 is 0. The maximum Gasteiger partial charge on any atom is 0.255 e. The van der Waals surface area contributed by atoms with Gasteiger partial charge < -0.3 is 15.8 Å². The van der Waals surface area contributed by atoms with Crippen molar-refractivity contribution in [1.29, 1.82) is 0 Å². The van der Waals surface area contributed by atoms with E-state index in [4.69, 9.17) is 22.5 Å². The Morgan fingerprint density at radius 3 is 2.95 bits per heavy atom. The van der Waals surface area contributed by atoms with E-state index in [2.05, 4.69) is 5.16 Å². The number of oxime groups is 1. The quantitative estimate of drug-likeness (QED) is 0.377. The van der Waals surface area contributed by atoms with Crippen LogP contribution in [0.1, 0.15) is 28.8 Å². The number of nitrogens with zero attached hydrogens (tertiary/aromatic N) is 2. The number of hydrogen-bond acceptors (Lipinski definition) is 3. The summed E-state index contributed by atoms with van der Waals surface area (Å²) in [6, 6.07) is 4.95. The number of carbonyl (C=O) groups excluding carboxylic acids is 1. The van der Waals surface area contributed by atoms with E-state index in [-0.39, 0.29) is 17.8 Å². The average Bonchev–Trinajstić information content (AvgIpc) is 2.86. The van der Waals surface area contributed by atoms with E-state index >= 15 is 0 Å². The molecule has 1 saturated heterocycles. The Hall–Kier alpha value is -1.75. The van der Waals surface area contributed by atoms with Crippen molar-refractivity contribution in [2.45, 2.75) is 25.8 Å². The molecule has 0 spiro atoms. The first-order valence-electron chi connectivity index (χ1n) is 6.09. The second-order valence-electron chi connectivity index (χ2n) is 4.66. The number of amides is 1. The van der Waals surface area contributed by atoms with Crippen LogP contribution in [0, 0.1) is 6.92 Å². The lowest BCUT2D eigenvalue weighted by Gasteiger charge is -2.24. The summed E-state index contributed by atoms with van der Waals surface area (Å²) in [5, 5.41) is 12.2. The number of rotatable bonds is 2. The number of amidine groups is 1. The molecular formula is C13H16ClN3O2. The summed E-state index contributed by atoms with van der Waals surface area (Å²) in [5.41, 5.74) is 7.07. The molecule has 1 heterocycles. The number of likely N-dealkylation sites (tertiary alicyclic amines) is 1. The molecule has 0 aromatic heterocycles. The highest BCUT2D eigenvalue weighted by Crippen LogP contribution is 2.24. The summed E-state index contributed by atoms with van der Waals surface area (Å²) in [6.07, 6.45) is 1.53. The summed E-state index contributed by atoms with van der Waals surface area (Å²) in [4.78, 5) is 14.1. The van der Waals surface area contributed by atoms with Crippen LogP contribution in [0.15, 0.2) is 23.4 Å². The second kappa shape index (κ2) is 5.48. The highest BCUT2D eigenvalue weighted by atomic mass is 35.5. The third-order valence-corrected chi connectivity index (χ3v) is 3.64. The summed E-state index contributed by atoms with van der Waals surface area (Å²) in [6.45, 7) is 2.50. The lowest BCUT2D eigenvalue weighted by Crippen LogP contribution is -2.44. The molecule has 0 aliphatic carbocycles. The Bertz CT molecular complexity index is 531. The Morgan fingerprint density at radius 1 is 1.58 bits per heavy atom. The number of aryl methyl sites for hydroxylation is 1. The normalized spacial score (nSPS) is 19.8. The molecule has 0 bridgehead atoms. The molecule has 102 valence electrons. The van der Waals surface area contributed by atoms with Gasteiger partial charge in [-0.05, 0) is 37.5 Å². The maximum atomic E-state index is 12.5. The van der Waals surface area contributed by atoms with E-state index in [0.717, 1.165) is 12.0 Å². The van der Waals surface area contributed by atoms with Gasteiger partial charge in [-0.1, -0.05) is 22.8 Å². The van der Waals surface area contributed by atoms with Gasteiger partial charge in [0.25, 0.3) is 5.91 Å². The summed E-state index contributed by atoms with van der Waals surface area (Å²) >= 11 is 6.11. The van der Waals surface area contributed by atoms with Crippen molar-refractivity contribution in [3.05, 3.63) is 34.3 Å². The number of nitrogens with two attached hydrogens (primary N) is 1. The van der Waals surface area contributed by atoms with Crippen LogP contribution < -0.4 is 5.73 Å². The molecule has 1 aromatic rings. The van der Waals surface area contributed by atoms with Crippen LogP contribution in [-0.4, -0.2) is 34.4 Å². The minimum atomic E-state index is -0.352. The lowest BCUT2D eigenvalue weighted by molar-refractivity contribution is 0.0768. The second-order valence-corrected chi connectivity index (χ2v) is 5.07. The molecule has 5 nitrogen and oxygen atoms in total. The largest absolute Gasteiger partial charge is 0.409 e. The molecule has 19 heavy (non-hydrogen) atoms. The van der Waals surface area contributed by atoms with Gasteiger partial charge >= 0.3 is 0 Å². The average molecular weight is 282 g/mol. The molecule has 0 saturated carbocycles. The van der Waals surface area contributed by atoms with E-state index in [1.54, 1.807) is 17.0 Å². The zero-order chi connectivity index (χ0) is 14.0. The Balaban J connectivity index is 2.28. The molecule has 1 fully saturated rings. The first-order chi connectivity index (χ1) is 9.04. The number of halogens is 1. The van der Waals surface area contributed by atoms with Gasteiger partial charge in [0.15, 0.2) is 5.84 Å². The fourth-order valence-electron chi connectivity index (χ4n) is 2.33. The topological polar surface area (TPSA) is 78.9 Å². The van der Waals surface area contributed by atoms with Crippen molar-refractivity contribution < 1.29 is 10.0 Å². The Labute approximate surface area is 116 Å². The minimum Gasteiger partial charge on any atom is -0.409 e. The van der Waals surface area contributed by atoms with E-state index in [1.165, 1.54) is 0 Å². The van der Waals surface area contributed by atoms with Gasteiger partial charge in [-0.15, -0.1) is 0 Å². The van der Waals surface area contributed by atoms with Crippen molar-refractivity contribution in [2.24, 2.45) is 10.9 Å². The van der Waals surface area contributed by atoms with Gasteiger partial charge in [-0.2, -0.15) is 0 Å². The van der Waals surface area contributed by atoms with Crippen molar-refractivity contribution in [3.8, 4) is 0 Å². The van der Waals surface area contributed by atoms with Gasteiger partial charge in [-0.25, -0.2) is 0 Å². The molecule has 1 atom stereocenters. The van der Waals surface area contributed by atoms with Crippen LogP contribution in [0.3, 0.4) is 0 Å². The van der Waals surface area contributed by atoms with Crippen molar-refractivity contribution in [1.82, 2.24) is 4.90 Å². The first-order valence-corrected chi connectivity index (χ1v) is 6.47. The zero-order valence-corrected chi connectivity index (χ0v) is 11.4. The first kappa shape index (κ1) is 13.7. The predicted octanol–water partition coefficient (Wildman–Crippen LogP) is 2.00. The van der Waals surface area contributed by atoms with Gasteiger partial charge in [0.1, 0.15) is 0 Å². The third kappa shape index (κ3) is 2.66. The Kier molecular flexibility index (Phi) is 3.95. The smallest absolute Gasteiger partial charge is 0.255 e. The minimum absolute atomic E-state index is 0.0640. The SMILES string of the molecule is Cc1ccc(C(=O)N2CCCC2/C(N)=N/O)c(Cl)c1. The van der Waals surface area contributed by atoms with Crippen molar-refractivity contribution >= 4 is 23.3 Å². The standard InChI is InChI=1S/C13H16ClN3O2/c1-8-4-5-9(10(14)7-8)13(18)17-6-2-3-11(17)12(15)16-19/h4-5,7,11,19H,2-3,6H2,1H3,(H2,15,16). The molecule has 1 aliphatic heterocycles. The molecule has 1 amide bonds. The fourth-order valence-corrected chi connectivity index (χ4v) is 2.65. The Morgan fingerprint density at radius 2 is 2.32 bits per heavy atom. The third-order valence-electron chi connectivity index (χ3n) is 3.33. The molecular weight excluding hydrogens is 266 g/mol. The zero-order valence-electron chi connectivity index (χ0n) is 10.6. The summed E-state index contributed by atoms with van der Waals surface area (Å²) in [7, 11) is 0. The van der Waals surface area contributed by atoms with Crippen molar-refractivity contribution in [3.63, 3.8) is 0 Å². The highest BCUT2D eigenvalue weighted by Gasteiger charge is 2.33. The predicted molar refractivity (Wildman–Crippen MR) is 73.7 cm³/mol. The number of benzene rings is 1. The van der Waals surface area contributed by atoms with E-state index in [1.807, 2.05) is 13.0 Å². The van der Waals surface area contributed by atoms with Crippen LogP contribution in [0.4, 0.5) is 0 Å².